The number of ether oxygens (including phenoxy) is 1. The summed E-state index contributed by atoms with van der Waals surface area (Å²) in [6.45, 7) is 4.60. The van der Waals surface area contributed by atoms with E-state index in [2.05, 4.69) is 29.4 Å². The van der Waals surface area contributed by atoms with Crippen molar-refractivity contribution < 1.29 is 14.3 Å². The third-order valence-electron chi connectivity index (χ3n) is 4.39. The Kier molecular flexibility index (Phi) is 6.33. The summed E-state index contributed by atoms with van der Waals surface area (Å²) in [6, 6.07) is 7.24. The number of nitrogens with zero attached hydrogens (tertiary/aromatic N) is 3. The van der Waals surface area contributed by atoms with E-state index >= 15 is 0 Å². The van der Waals surface area contributed by atoms with Gasteiger partial charge in [-0.1, -0.05) is 36.9 Å². The van der Waals surface area contributed by atoms with Crippen molar-refractivity contribution in [1.29, 1.82) is 0 Å². The summed E-state index contributed by atoms with van der Waals surface area (Å²) in [6.07, 6.45) is 1.22. The van der Waals surface area contributed by atoms with Gasteiger partial charge in [-0.3, -0.25) is 9.59 Å². The average Bonchev–Trinajstić information content (AvgIpc) is 3.28. The SMILES string of the molecule is CC[C@H](C)Sc1nnc(NC(=O)[C@@H]2CC(=O)N(c3ccc(OC)cc3)C2)s1. The predicted molar refractivity (Wildman–Crippen MR) is 108 cm³/mol. The maximum Gasteiger partial charge on any atom is 0.231 e. The first kappa shape index (κ1) is 19.6. The van der Waals surface area contributed by atoms with Crippen molar-refractivity contribution in [2.24, 2.45) is 5.92 Å². The number of thioether (sulfide) groups is 1. The third-order valence-corrected chi connectivity index (χ3v) is 6.58. The number of carbonyl (C=O) groups excluding carboxylic acids is 2. The van der Waals surface area contributed by atoms with E-state index in [4.69, 9.17) is 4.74 Å². The number of amides is 2. The van der Waals surface area contributed by atoms with Crippen LogP contribution in [0.1, 0.15) is 26.7 Å². The second-order valence-electron chi connectivity index (χ2n) is 6.30. The molecular weight excluding hydrogens is 384 g/mol. The summed E-state index contributed by atoms with van der Waals surface area (Å²) < 4.78 is 5.97. The van der Waals surface area contributed by atoms with Crippen molar-refractivity contribution in [1.82, 2.24) is 10.2 Å². The van der Waals surface area contributed by atoms with Crippen LogP contribution in [-0.4, -0.2) is 40.9 Å². The molecule has 2 amide bonds. The van der Waals surface area contributed by atoms with E-state index in [0.29, 0.717) is 16.9 Å². The molecule has 2 atom stereocenters. The zero-order chi connectivity index (χ0) is 19.4. The molecule has 2 aromatic rings. The molecule has 1 aliphatic heterocycles. The maximum absolute atomic E-state index is 12.5. The molecule has 1 aromatic heterocycles. The Labute approximate surface area is 166 Å². The highest BCUT2D eigenvalue weighted by molar-refractivity contribution is 8.01. The Morgan fingerprint density at radius 2 is 2.15 bits per heavy atom. The topological polar surface area (TPSA) is 84.4 Å². The monoisotopic (exact) mass is 406 g/mol. The third kappa shape index (κ3) is 4.78. The number of hydrogen-bond acceptors (Lipinski definition) is 7. The number of hydrogen-bond donors (Lipinski definition) is 1. The first-order valence-electron chi connectivity index (χ1n) is 8.75. The highest BCUT2D eigenvalue weighted by atomic mass is 32.2. The van der Waals surface area contributed by atoms with Crippen LogP contribution in [0, 0.1) is 5.92 Å². The molecular formula is C18H22N4O3S2. The van der Waals surface area contributed by atoms with Gasteiger partial charge < -0.3 is 15.0 Å². The number of anilines is 2. The summed E-state index contributed by atoms with van der Waals surface area (Å²) in [5.74, 6) is 0.0531. The molecule has 144 valence electrons. The minimum absolute atomic E-state index is 0.0643. The summed E-state index contributed by atoms with van der Waals surface area (Å²) >= 11 is 3.01. The number of carbonyl (C=O) groups is 2. The molecule has 3 rings (SSSR count). The van der Waals surface area contributed by atoms with Gasteiger partial charge in [0.2, 0.25) is 16.9 Å². The summed E-state index contributed by atoms with van der Waals surface area (Å²) in [5, 5.41) is 11.9. The Morgan fingerprint density at radius 3 is 2.81 bits per heavy atom. The van der Waals surface area contributed by atoms with Crippen LogP contribution in [0.2, 0.25) is 0 Å². The van der Waals surface area contributed by atoms with Crippen molar-refractivity contribution in [2.75, 3.05) is 23.9 Å². The van der Waals surface area contributed by atoms with Gasteiger partial charge >= 0.3 is 0 Å². The molecule has 0 saturated carbocycles. The van der Waals surface area contributed by atoms with Crippen molar-refractivity contribution in [3.05, 3.63) is 24.3 Å². The lowest BCUT2D eigenvalue weighted by atomic mass is 10.1. The van der Waals surface area contributed by atoms with E-state index < -0.39 is 5.92 Å². The number of nitrogens with one attached hydrogen (secondary N) is 1. The molecule has 1 saturated heterocycles. The first-order chi connectivity index (χ1) is 13.0. The van der Waals surface area contributed by atoms with Crippen molar-refractivity contribution >= 4 is 45.7 Å². The molecule has 1 fully saturated rings. The number of aromatic nitrogens is 2. The summed E-state index contributed by atoms with van der Waals surface area (Å²) in [4.78, 5) is 26.5. The van der Waals surface area contributed by atoms with Gasteiger partial charge in [-0.25, -0.2) is 0 Å². The van der Waals surface area contributed by atoms with Gasteiger partial charge in [0.1, 0.15) is 5.75 Å². The molecule has 0 spiro atoms. The molecule has 1 N–H and O–H groups in total. The molecule has 1 aliphatic rings. The van der Waals surface area contributed by atoms with Gasteiger partial charge in [-0.15, -0.1) is 10.2 Å². The highest BCUT2D eigenvalue weighted by Gasteiger charge is 2.35. The maximum atomic E-state index is 12.5. The van der Waals surface area contributed by atoms with E-state index in [9.17, 15) is 9.59 Å². The molecule has 7 nitrogen and oxygen atoms in total. The smallest absolute Gasteiger partial charge is 0.231 e. The molecule has 0 aliphatic carbocycles. The standard InChI is InChI=1S/C18H22N4O3S2/c1-4-11(2)26-18-21-20-17(27-18)19-16(24)12-9-15(23)22(10-12)13-5-7-14(25-3)8-6-13/h5-8,11-12H,4,9-10H2,1-3H3,(H,19,20,24)/t11-,12+/m0/s1. The van der Waals surface area contributed by atoms with Crippen LogP contribution >= 0.6 is 23.1 Å². The fourth-order valence-corrected chi connectivity index (χ4v) is 4.67. The minimum Gasteiger partial charge on any atom is -0.497 e. The molecule has 27 heavy (non-hydrogen) atoms. The zero-order valence-electron chi connectivity index (χ0n) is 15.5. The Hall–Kier alpha value is -2.13. The van der Waals surface area contributed by atoms with Gasteiger partial charge in [0.25, 0.3) is 0 Å². The van der Waals surface area contributed by atoms with E-state index in [0.717, 1.165) is 22.2 Å². The lowest BCUT2D eigenvalue weighted by Crippen LogP contribution is -2.28. The van der Waals surface area contributed by atoms with Gasteiger partial charge in [-0.05, 0) is 30.7 Å². The predicted octanol–water partition coefficient (Wildman–Crippen LogP) is 3.43. The van der Waals surface area contributed by atoms with Crippen LogP contribution in [0.3, 0.4) is 0 Å². The quantitative estimate of drug-likeness (QED) is 0.560. The second kappa shape index (κ2) is 8.71. The fraction of sp³-hybridized carbons (Fsp3) is 0.444. The number of rotatable bonds is 7. The molecule has 2 heterocycles. The molecule has 1 aromatic carbocycles. The van der Waals surface area contributed by atoms with Crippen molar-refractivity contribution in [2.45, 2.75) is 36.3 Å². The van der Waals surface area contributed by atoms with Crippen LogP contribution in [0.25, 0.3) is 0 Å². The van der Waals surface area contributed by atoms with Crippen LogP contribution < -0.4 is 15.0 Å². The fourth-order valence-electron chi connectivity index (χ4n) is 2.67. The zero-order valence-corrected chi connectivity index (χ0v) is 17.1. The average molecular weight is 407 g/mol. The van der Waals surface area contributed by atoms with Gasteiger partial charge in [0.15, 0.2) is 4.34 Å². The molecule has 9 heteroatoms. The van der Waals surface area contributed by atoms with Crippen LogP contribution in [0.4, 0.5) is 10.8 Å². The van der Waals surface area contributed by atoms with E-state index in [-0.39, 0.29) is 18.2 Å². The van der Waals surface area contributed by atoms with Crippen molar-refractivity contribution in [3.8, 4) is 5.75 Å². The van der Waals surface area contributed by atoms with Crippen LogP contribution in [0.5, 0.6) is 5.75 Å². The highest BCUT2D eigenvalue weighted by Crippen LogP contribution is 2.31. The van der Waals surface area contributed by atoms with E-state index in [1.807, 2.05) is 12.1 Å². The molecule has 0 radical (unpaired) electrons. The normalized spacial score (nSPS) is 17.8. The largest absolute Gasteiger partial charge is 0.497 e. The van der Waals surface area contributed by atoms with Crippen molar-refractivity contribution in [3.63, 3.8) is 0 Å². The van der Waals surface area contributed by atoms with Gasteiger partial charge in [0, 0.05) is 23.9 Å². The van der Waals surface area contributed by atoms with Gasteiger partial charge in [0.05, 0.1) is 13.0 Å². The number of methoxy groups -OCH3 is 1. The molecule has 0 bridgehead atoms. The summed E-state index contributed by atoms with van der Waals surface area (Å²) in [7, 11) is 1.59. The Bertz CT molecular complexity index is 809. The second-order valence-corrected chi connectivity index (χ2v) is 8.97. The van der Waals surface area contributed by atoms with Crippen LogP contribution in [0.15, 0.2) is 28.6 Å². The lowest BCUT2D eigenvalue weighted by molar-refractivity contribution is -0.122. The Morgan fingerprint density at radius 1 is 1.41 bits per heavy atom. The lowest BCUT2D eigenvalue weighted by Gasteiger charge is -2.16. The van der Waals surface area contributed by atoms with Gasteiger partial charge in [-0.2, -0.15) is 0 Å². The van der Waals surface area contributed by atoms with Crippen LogP contribution in [-0.2, 0) is 9.59 Å². The van der Waals surface area contributed by atoms with E-state index in [1.165, 1.54) is 11.3 Å². The minimum atomic E-state index is -0.408. The molecule has 0 unspecified atom stereocenters. The summed E-state index contributed by atoms with van der Waals surface area (Å²) in [5.41, 5.74) is 0.763. The number of benzene rings is 1. The van der Waals surface area contributed by atoms with E-state index in [1.54, 1.807) is 35.9 Å². The Balaban J connectivity index is 1.60. The first-order valence-corrected chi connectivity index (χ1v) is 10.4.